The first-order valence-electron chi connectivity index (χ1n) is 5.86. The molecule has 1 aliphatic rings. The zero-order chi connectivity index (χ0) is 13.1. The smallest absolute Gasteiger partial charge is 0.221 e. The number of hydrogen-bond donors (Lipinski definition) is 1. The molecule has 1 atom stereocenters. The minimum Gasteiger partial charge on any atom is -0.369 e. The fraction of sp³-hybridized carbons (Fsp3) is 0.500. The molecule has 1 amide bonds. The summed E-state index contributed by atoms with van der Waals surface area (Å²) in [6, 6.07) is 3.70. The molecule has 18 heavy (non-hydrogen) atoms. The third-order valence-electron chi connectivity index (χ3n) is 3.12. The Balaban J connectivity index is 1.93. The van der Waals surface area contributed by atoms with Crippen LogP contribution in [0.5, 0.6) is 0 Å². The lowest BCUT2D eigenvalue weighted by Crippen LogP contribution is -2.43. The zero-order valence-electron chi connectivity index (χ0n) is 9.89. The lowest BCUT2D eigenvalue weighted by atomic mass is 9.97. The van der Waals surface area contributed by atoms with Crippen molar-refractivity contribution in [1.29, 1.82) is 0 Å². The van der Waals surface area contributed by atoms with Gasteiger partial charge in [-0.15, -0.1) is 11.3 Å². The van der Waals surface area contributed by atoms with Gasteiger partial charge in [-0.3, -0.25) is 14.5 Å². The highest BCUT2D eigenvalue weighted by Gasteiger charge is 2.25. The van der Waals surface area contributed by atoms with Gasteiger partial charge in [-0.2, -0.15) is 0 Å². The topological polar surface area (TPSA) is 63.4 Å². The highest BCUT2D eigenvalue weighted by Crippen LogP contribution is 2.23. The number of primary amides is 1. The van der Waals surface area contributed by atoms with Crippen molar-refractivity contribution in [3.8, 4) is 0 Å². The molecular weight excluding hydrogens is 316 g/mol. The van der Waals surface area contributed by atoms with E-state index in [-0.39, 0.29) is 17.6 Å². The van der Waals surface area contributed by atoms with E-state index in [2.05, 4.69) is 15.9 Å². The molecule has 1 fully saturated rings. The molecule has 0 aromatic carbocycles. The van der Waals surface area contributed by atoms with Crippen molar-refractivity contribution in [3.63, 3.8) is 0 Å². The van der Waals surface area contributed by atoms with Crippen LogP contribution in [0.4, 0.5) is 0 Å². The number of nitrogens with two attached hydrogens (primary N) is 1. The summed E-state index contributed by atoms with van der Waals surface area (Å²) >= 11 is 4.79. The van der Waals surface area contributed by atoms with Gasteiger partial charge in [0.2, 0.25) is 5.91 Å². The second-order valence-corrected chi connectivity index (χ2v) is 6.97. The van der Waals surface area contributed by atoms with E-state index in [1.165, 1.54) is 11.3 Å². The lowest BCUT2D eigenvalue weighted by molar-refractivity contribution is -0.123. The number of hydrogen-bond acceptors (Lipinski definition) is 4. The Hall–Kier alpha value is -0.720. The average Bonchev–Trinajstić information content (AvgIpc) is 2.76. The van der Waals surface area contributed by atoms with Gasteiger partial charge in [-0.25, -0.2) is 0 Å². The number of ketones is 1. The molecular formula is C12H15BrN2O2S. The van der Waals surface area contributed by atoms with Gasteiger partial charge in [0.15, 0.2) is 5.78 Å². The maximum Gasteiger partial charge on any atom is 0.221 e. The second-order valence-electron chi connectivity index (χ2n) is 4.50. The minimum atomic E-state index is -0.258. The summed E-state index contributed by atoms with van der Waals surface area (Å²) in [5.41, 5.74) is 5.32. The Kier molecular flexibility index (Phi) is 4.53. The van der Waals surface area contributed by atoms with Crippen LogP contribution in [-0.4, -0.2) is 36.2 Å². The first-order chi connectivity index (χ1) is 8.56. The van der Waals surface area contributed by atoms with Crippen LogP contribution in [0.2, 0.25) is 0 Å². The monoisotopic (exact) mass is 330 g/mol. The first-order valence-corrected chi connectivity index (χ1v) is 7.47. The first kappa shape index (κ1) is 13.7. The van der Waals surface area contributed by atoms with Crippen molar-refractivity contribution in [1.82, 2.24) is 4.90 Å². The van der Waals surface area contributed by atoms with Crippen LogP contribution in [0.25, 0.3) is 0 Å². The van der Waals surface area contributed by atoms with E-state index < -0.39 is 0 Å². The third kappa shape index (κ3) is 3.40. The summed E-state index contributed by atoms with van der Waals surface area (Å²) < 4.78 is 0.958. The number of likely N-dealkylation sites (tertiary alicyclic amines) is 1. The Morgan fingerprint density at radius 3 is 2.89 bits per heavy atom. The standard InChI is InChI=1S/C12H15BrN2O2S/c13-11-4-3-10(18-11)9(16)7-15-5-1-2-8(6-15)12(14)17/h3-4,8H,1-2,5-7H2,(H2,14,17). The highest BCUT2D eigenvalue weighted by atomic mass is 79.9. The molecule has 98 valence electrons. The van der Waals surface area contributed by atoms with Crippen LogP contribution >= 0.6 is 27.3 Å². The van der Waals surface area contributed by atoms with Gasteiger partial charge in [0.25, 0.3) is 0 Å². The predicted octanol–water partition coefficient (Wildman–Crippen LogP) is 1.89. The van der Waals surface area contributed by atoms with Crippen molar-refractivity contribution in [3.05, 3.63) is 20.8 Å². The van der Waals surface area contributed by atoms with Gasteiger partial charge in [0, 0.05) is 6.54 Å². The van der Waals surface area contributed by atoms with E-state index in [1.807, 2.05) is 17.0 Å². The van der Waals surface area contributed by atoms with Crippen molar-refractivity contribution in [2.75, 3.05) is 19.6 Å². The SMILES string of the molecule is NC(=O)C1CCCN(CC(=O)c2ccc(Br)s2)C1. The van der Waals surface area contributed by atoms with Gasteiger partial charge in [-0.05, 0) is 47.4 Å². The Labute approximate surface area is 118 Å². The highest BCUT2D eigenvalue weighted by molar-refractivity contribution is 9.11. The van der Waals surface area contributed by atoms with Crippen LogP contribution in [0, 0.1) is 5.92 Å². The Bertz CT molecular complexity index is 461. The summed E-state index contributed by atoms with van der Waals surface area (Å²) in [6.45, 7) is 1.84. The number of carbonyl (C=O) groups excluding carboxylic acids is 2. The summed E-state index contributed by atoms with van der Waals surface area (Å²) in [5, 5.41) is 0. The van der Waals surface area contributed by atoms with E-state index in [4.69, 9.17) is 5.73 Å². The number of piperidine rings is 1. The number of Topliss-reactive ketones (excluding diaryl/α,β-unsaturated/α-hetero) is 1. The number of nitrogens with zero attached hydrogens (tertiary/aromatic N) is 1. The Morgan fingerprint density at radius 2 is 2.28 bits per heavy atom. The van der Waals surface area contributed by atoms with E-state index >= 15 is 0 Å². The molecule has 1 aromatic rings. The molecule has 0 aliphatic carbocycles. The molecule has 6 heteroatoms. The summed E-state index contributed by atoms with van der Waals surface area (Å²) in [5.74, 6) is -0.261. The molecule has 2 N–H and O–H groups in total. The fourth-order valence-corrected chi connectivity index (χ4v) is 3.49. The molecule has 1 saturated heterocycles. The maximum absolute atomic E-state index is 12.0. The summed E-state index contributed by atoms with van der Waals surface area (Å²) in [7, 11) is 0. The largest absolute Gasteiger partial charge is 0.369 e. The van der Waals surface area contributed by atoms with Gasteiger partial charge in [0.1, 0.15) is 0 Å². The van der Waals surface area contributed by atoms with Gasteiger partial charge in [0.05, 0.1) is 21.1 Å². The molecule has 4 nitrogen and oxygen atoms in total. The molecule has 0 saturated carbocycles. The second kappa shape index (κ2) is 5.95. The molecule has 1 aliphatic heterocycles. The van der Waals surface area contributed by atoms with Gasteiger partial charge < -0.3 is 5.73 Å². The van der Waals surface area contributed by atoms with Crippen LogP contribution in [-0.2, 0) is 4.79 Å². The molecule has 2 heterocycles. The minimum absolute atomic E-state index is 0.107. The Morgan fingerprint density at radius 1 is 1.50 bits per heavy atom. The van der Waals surface area contributed by atoms with Crippen LogP contribution < -0.4 is 5.73 Å². The normalized spacial score (nSPS) is 20.8. The number of rotatable bonds is 4. The quantitative estimate of drug-likeness (QED) is 0.857. The molecule has 1 aromatic heterocycles. The maximum atomic E-state index is 12.0. The van der Waals surface area contributed by atoms with Crippen LogP contribution in [0.3, 0.4) is 0 Å². The molecule has 0 bridgehead atoms. The van der Waals surface area contributed by atoms with Crippen LogP contribution in [0.1, 0.15) is 22.5 Å². The van der Waals surface area contributed by atoms with E-state index in [0.717, 1.165) is 28.0 Å². The van der Waals surface area contributed by atoms with Crippen molar-refractivity contribution < 1.29 is 9.59 Å². The van der Waals surface area contributed by atoms with Crippen molar-refractivity contribution in [2.45, 2.75) is 12.8 Å². The van der Waals surface area contributed by atoms with Crippen LogP contribution in [0.15, 0.2) is 15.9 Å². The summed E-state index contributed by atoms with van der Waals surface area (Å²) in [4.78, 5) is 26.0. The van der Waals surface area contributed by atoms with Crippen molar-refractivity contribution >= 4 is 39.0 Å². The number of thiophene rings is 1. The number of halogens is 1. The van der Waals surface area contributed by atoms with E-state index in [1.54, 1.807) is 0 Å². The zero-order valence-corrected chi connectivity index (χ0v) is 12.3. The third-order valence-corrected chi connectivity index (χ3v) is 4.79. The van der Waals surface area contributed by atoms with E-state index in [0.29, 0.717) is 13.1 Å². The van der Waals surface area contributed by atoms with Gasteiger partial charge >= 0.3 is 0 Å². The molecule has 2 rings (SSSR count). The van der Waals surface area contributed by atoms with E-state index in [9.17, 15) is 9.59 Å². The average molecular weight is 331 g/mol. The fourth-order valence-electron chi connectivity index (χ4n) is 2.18. The number of carbonyl (C=O) groups is 2. The van der Waals surface area contributed by atoms with Crippen molar-refractivity contribution in [2.24, 2.45) is 11.7 Å². The summed E-state index contributed by atoms with van der Waals surface area (Å²) in [6.07, 6.45) is 1.76. The molecule has 1 unspecified atom stereocenters. The van der Waals surface area contributed by atoms with Gasteiger partial charge in [-0.1, -0.05) is 0 Å². The number of amides is 1. The molecule has 0 radical (unpaired) electrons. The molecule has 0 spiro atoms. The predicted molar refractivity (Wildman–Crippen MR) is 74.7 cm³/mol. The lowest BCUT2D eigenvalue weighted by Gasteiger charge is -2.30.